The quantitative estimate of drug-likeness (QED) is 0.776. The van der Waals surface area contributed by atoms with Crippen LogP contribution >= 0.6 is 0 Å². The summed E-state index contributed by atoms with van der Waals surface area (Å²) in [6.07, 6.45) is -3.44. The van der Waals surface area contributed by atoms with Crippen LogP contribution < -0.4 is 5.32 Å². The summed E-state index contributed by atoms with van der Waals surface area (Å²) in [5, 5.41) is 11.8. The molecule has 4 nitrogen and oxygen atoms in total. The first-order valence-corrected chi connectivity index (χ1v) is 8.33. The highest BCUT2D eigenvalue weighted by Gasteiger charge is 2.49. The predicted octanol–water partition coefficient (Wildman–Crippen LogP) is 3.96. The van der Waals surface area contributed by atoms with Gasteiger partial charge in [0.25, 0.3) is 0 Å². The normalized spacial score (nSPS) is 20.2. The molecule has 0 saturated heterocycles. The molecule has 0 bridgehead atoms. The summed E-state index contributed by atoms with van der Waals surface area (Å²) in [5.41, 5.74) is -1.44. The summed E-state index contributed by atoms with van der Waals surface area (Å²) in [5.74, 6) is -2.41. The number of rotatable bonds is 7. The molecule has 0 heterocycles. The molecule has 1 amide bonds. The molecule has 1 aliphatic carbocycles. The van der Waals surface area contributed by atoms with Gasteiger partial charge >= 0.3 is 12.1 Å². The SMILES string of the molecule is CCC(CC)(CC(=O)O)NC(=O)C1CC1c1ccccc1C(F)(F)F. The molecule has 25 heavy (non-hydrogen) atoms. The van der Waals surface area contributed by atoms with Crippen molar-refractivity contribution in [1.29, 1.82) is 0 Å². The number of carboxylic acids is 1. The number of aliphatic carboxylic acids is 1. The fraction of sp³-hybridized carbons (Fsp3) is 0.556. The molecule has 0 spiro atoms. The average molecular weight is 357 g/mol. The second-order valence-electron chi connectivity index (χ2n) is 6.58. The van der Waals surface area contributed by atoms with E-state index < -0.39 is 35.1 Å². The summed E-state index contributed by atoms with van der Waals surface area (Å²) < 4.78 is 39.4. The van der Waals surface area contributed by atoms with Crippen molar-refractivity contribution in [3.63, 3.8) is 0 Å². The first-order valence-electron chi connectivity index (χ1n) is 8.33. The topological polar surface area (TPSA) is 66.4 Å². The average Bonchev–Trinajstić information content (AvgIpc) is 3.33. The van der Waals surface area contributed by atoms with Crippen LogP contribution in [0.4, 0.5) is 13.2 Å². The molecule has 1 fully saturated rings. The molecule has 2 atom stereocenters. The zero-order valence-electron chi connectivity index (χ0n) is 14.2. The molecule has 2 unspecified atom stereocenters. The van der Waals surface area contributed by atoms with Crippen molar-refractivity contribution >= 4 is 11.9 Å². The van der Waals surface area contributed by atoms with E-state index in [0.29, 0.717) is 19.3 Å². The van der Waals surface area contributed by atoms with Crippen LogP contribution in [-0.2, 0) is 15.8 Å². The monoisotopic (exact) mass is 357 g/mol. The third-order valence-corrected chi connectivity index (χ3v) is 5.02. The predicted molar refractivity (Wildman–Crippen MR) is 86.0 cm³/mol. The maximum atomic E-state index is 13.1. The maximum absolute atomic E-state index is 13.1. The van der Waals surface area contributed by atoms with Crippen LogP contribution in [0.25, 0.3) is 0 Å². The standard InChI is InChI=1S/C18H22F3NO3/c1-3-17(4-2,10-15(23)24)22-16(25)13-9-12(13)11-7-5-6-8-14(11)18(19,20)21/h5-8,12-13H,3-4,9-10H2,1-2H3,(H,22,25)(H,23,24). The highest BCUT2D eigenvalue weighted by Crippen LogP contribution is 2.51. The maximum Gasteiger partial charge on any atom is 0.416 e. The van der Waals surface area contributed by atoms with E-state index in [1.165, 1.54) is 18.2 Å². The van der Waals surface area contributed by atoms with Crippen molar-refractivity contribution < 1.29 is 27.9 Å². The third kappa shape index (κ3) is 4.32. The smallest absolute Gasteiger partial charge is 0.416 e. The van der Waals surface area contributed by atoms with E-state index in [1.807, 2.05) is 0 Å². The molecule has 138 valence electrons. The van der Waals surface area contributed by atoms with E-state index in [2.05, 4.69) is 5.32 Å². The Morgan fingerprint density at radius 3 is 2.32 bits per heavy atom. The molecule has 0 aliphatic heterocycles. The largest absolute Gasteiger partial charge is 0.481 e. The zero-order chi connectivity index (χ0) is 18.8. The van der Waals surface area contributed by atoms with Gasteiger partial charge in [-0.3, -0.25) is 9.59 Å². The minimum atomic E-state index is -4.46. The Balaban J connectivity index is 2.14. The van der Waals surface area contributed by atoms with Crippen molar-refractivity contribution in [3.8, 4) is 0 Å². The van der Waals surface area contributed by atoms with Gasteiger partial charge < -0.3 is 10.4 Å². The zero-order valence-corrected chi connectivity index (χ0v) is 14.2. The summed E-state index contributed by atoms with van der Waals surface area (Å²) in [6.45, 7) is 3.58. The lowest BCUT2D eigenvalue weighted by Gasteiger charge is -2.31. The summed E-state index contributed by atoms with van der Waals surface area (Å²) in [4.78, 5) is 23.5. The lowest BCUT2D eigenvalue weighted by Crippen LogP contribution is -2.49. The molecular formula is C18H22F3NO3. The van der Waals surface area contributed by atoms with Gasteiger partial charge in [-0.15, -0.1) is 0 Å². The molecule has 2 N–H and O–H groups in total. The first-order chi connectivity index (χ1) is 11.6. The van der Waals surface area contributed by atoms with Crippen LogP contribution in [0.15, 0.2) is 24.3 Å². The minimum Gasteiger partial charge on any atom is -0.481 e. The van der Waals surface area contributed by atoms with E-state index in [9.17, 15) is 22.8 Å². The Morgan fingerprint density at radius 2 is 1.80 bits per heavy atom. The molecule has 1 saturated carbocycles. The Labute approximate surface area is 144 Å². The third-order valence-electron chi connectivity index (χ3n) is 5.02. The van der Waals surface area contributed by atoms with Crippen molar-refractivity contribution in [1.82, 2.24) is 5.32 Å². The van der Waals surface area contributed by atoms with Gasteiger partial charge in [-0.05, 0) is 36.8 Å². The minimum absolute atomic E-state index is 0.131. The van der Waals surface area contributed by atoms with Crippen LogP contribution in [0, 0.1) is 5.92 Å². The first kappa shape index (κ1) is 19.3. The number of halogens is 3. The van der Waals surface area contributed by atoms with Crippen molar-refractivity contribution in [2.75, 3.05) is 0 Å². The number of hydrogen-bond acceptors (Lipinski definition) is 2. The van der Waals surface area contributed by atoms with Crippen LogP contribution in [-0.4, -0.2) is 22.5 Å². The fourth-order valence-corrected chi connectivity index (χ4v) is 3.27. The molecule has 1 aliphatic rings. The molecule has 1 aromatic rings. The number of nitrogens with one attached hydrogen (secondary N) is 1. The van der Waals surface area contributed by atoms with Gasteiger partial charge in [0.2, 0.25) is 5.91 Å². The second kappa shape index (κ2) is 7.06. The molecule has 2 rings (SSSR count). The Hall–Kier alpha value is -2.05. The number of benzene rings is 1. The van der Waals surface area contributed by atoms with Crippen LogP contribution in [0.5, 0.6) is 0 Å². The molecule has 0 aromatic heterocycles. The lowest BCUT2D eigenvalue weighted by atomic mass is 9.88. The van der Waals surface area contributed by atoms with Crippen molar-refractivity contribution in [3.05, 3.63) is 35.4 Å². The number of hydrogen-bond donors (Lipinski definition) is 2. The van der Waals surface area contributed by atoms with Crippen molar-refractivity contribution in [2.45, 2.75) is 57.2 Å². The van der Waals surface area contributed by atoms with E-state index in [4.69, 9.17) is 5.11 Å². The van der Waals surface area contributed by atoms with E-state index >= 15 is 0 Å². The lowest BCUT2D eigenvalue weighted by molar-refractivity contribution is -0.140. The van der Waals surface area contributed by atoms with Gasteiger partial charge in [-0.2, -0.15) is 13.2 Å². The number of carboxylic acid groups (broad SMARTS) is 1. The summed E-state index contributed by atoms with van der Waals surface area (Å²) >= 11 is 0. The fourth-order valence-electron chi connectivity index (χ4n) is 3.27. The Bertz CT molecular complexity index is 653. The Kier molecular flexibility index (Phi) is 5.44. The highest BCUT2D eigenvalue weighted by molar-refractivity contribution is 5.84. The van der Waals surface area contributed by atoms with Crippen LogP contribution in [0.2, 0.25) is 0 Å². The second-order valence-corrected chi connectivity index (χ2v) is 6.58. The number of carbonyl (C=O) groups excluding carboxylic acids is 1. The van der Waals surface area contributed by atoms with Gasteiger partial charge in [-0.25, -0.2) is 0 Å². The van der Waals surface area contributed by atoms with E-state index in [-0.39, 0.29) is 17.9 Å². The van der Waals surface area contributed by atoms with Gasteiger partial charge in [0.05, 0.1) is 12.0 Å². The summed E-state index contributed by atoms with van der Waals surface area (Å²) in [7, 11) is 0. The van der Waals surface area contributed by atoms with Gasteiger partial charge in [0, 0.05) is 11.5 Å². The van der Waals surface area contributed by atoms with Gasteiger partial charge in [0.1, 0.15) is 0 Å². The van der Waals surface area contributed by atoms with E-state index in [0.717, 1.165) is 6.07 Å². The van der Waals surface area contributed by atoms with Crippen molar-refractivity contribution in [2.24, 2.45) is 5.92 Å². The Morgan fingerprint density at radius 1 is 1.20 bits per heavy atom. The van der Waals surface area contributed by atoms with E-state index in [1.54, 1.807) is 13.8 Å². The van der Waals surface area contributed by atoms with Crippen LogP contribution in [0.3, 0.4) is 0 Å². The van der Waals surface area contributed by atoms with Crippen LogP contribution in [0.1, 0.15) is 56.6 Å². The van der Waals surface area contributed by atoms with Gasteiger partial charge in [-0.1, -0.05) is 32.0 Å². The van der Waals surface area contributed by atoms with Gasteiger partial charge in [0.15, 0.2) is 0 Å². The number of carbonyl (C=O) groups is 2. The number of amides is 1. The molecular weight excluding hydrogens is 335 g/mol. The summed E-state index contributed by atoms with van der Waals surface area (Å²) in [6, 6.07) is 5.29. The highest BCUT2D eigenvalue weighted by atomic mass is 19.4. The number of alkyl halides is 3. The molecule has 0 radical (unpaired) electrons. The molecule has 1 aromatic carbocycles. The molecule has 7 heteroatoms.